The molecule has 3 heterocycles. The van der Waals surface area contributed by atoms with E-state index in [1.807, 2.05) is 30.3 Å². The Labute approximate surface area is 227 Å². The van der Waals surface area contributed by atoms with Crippen LogP contribution in [0.25, 0.3) is 0 Å². The number of ether oxygens (including phenoxy) is 3. The molecule has 0 aliphatic carbocycles. The summed E-state index contributed by atoms with van der Waals surface area (Å²) in [5.74, 6) is 0. The number of phosphoric ester groups is 2. The number of fused-ring (bicyclic) bond motifs is 1. The quantitative estimate of drug-likeness (QED) is 0.275. The molecule has 2 saturated heterocycles. The van der Waals surface area contributed by atoms with Gasteiger partial charge in [0.05, 0.1) is 13.2 Å². The molecule has 2 aromatic carbocycles. The van der Waals surface area contributed by atoms with Gasteiger partial charge < -0.3 is 24.0 Å². The molecule has 0 spiro atoms. The number of phosphoric acid groups is 2. The first-order chi connectivity index (χ1) is 19.1. The van der Waals surface area contributed by atoms with Crippen molar-refractivity contribution in [3.63, 3.8) is 0 Å². The van der Waals surface area contributed by atoms with Crippen molar-refractivity contribution in [1.29, 1.82) is 0 Å². The van der Waals surface area contributed by atoms with Gasteiger partial charge in [-0.15, -0.1) is 0 Å². The van der Waals surface area contributed by atoms with Crippen LogP contribution >= 0.6 is 15.6 Å². The number of hydrogen-bond donors (Lipinski definition) is 3. The summed E-state index contributed by atoms with van der Waals surface area (Å²) in [6.07, 6.45) is -3.03. The van der Waals surface area contributed by atoms with Crippen LogP contribution in [0.15, 0.2) is 82.5 Å². The highest BCUT2D eigenvalue weighted by Gasteiger charge is 2.54. The molecule has 40 heavy (non-hydrogen) atoms. The van der Waals surface area contributed by atoms with E-state index in [0.29, 0.717) is 12.0 Å². The zero-order chi connectivity index (χ0) is 28.3. The van der Waals surface area contributed by atoms with Gasteiger partial charge in [-0.1, -0.05) is 60.7 Å². The summed E-state index contributed by atoms with van der Waals surface area (Å²) in [4.78, 5) is 46.2. The van der Waals surface area contributed by atoms with E-state index < -0.39 is 64.3 Å². The molecule has 7 atom stereocenters. The van der Waals surface area contributed by atoms with Crippen LogP contribution in [-0.4, -0.2) is 50.5 Å². The van der Waals surface area contributed by atoms with Gasteiger partial charge in [-0.05, 0) is 11.1 Å². The first kappa shape index (κ1) is 28.8. The lowest BCUT2D eigenvalue weighted by Gasteiger charge is -2.22. The molecule has 0 radical (unpaired) electrons. The molecule has 14 nitrogen and oxygen atoms in total. The predicted octanol–water partition coefficient (Wildman–Crippen LogP) is 2.24. The third kappa shape index (κ3) is 7.12. The molecule has 0 amide bonds. The third-order valence-corrected chi connectivity index (χ3v) is 8.70. The topological polar surface area (TPSA) is 185 Å². The molecule has 2 aliphatic heterocycles. The van der Waals surface area contributed by atoms with Crippen LogP contribution in [0.5, 0.6) is 0 Å². The summed E-state index contributed by atoms with van der Waals surface area (Å²) in [6.45, 7) is -0.989. The molecule has 1 aromatic heterocycles. The summed E-state index contributed by atoms with van der Waals surface area (Å²) < 4.78 is 58.0. The first-order valence-electron chi connectivity index (χ1n) is 12.1. The Kier molecular flexibility index (Phi) is 8.64. The normalized spacial score (nSPS) is 27.1. The molecule has 0 bridgehead atoms. The zero-order valence-electron chi connectivity index (χ0n) is 20.8. The number of nitrogens with one attached hydrogen (secondary N) is 1. The summed E-state index contributed by atoms with van der Waals surface area (Å²) in [6, 6.07) is 18.8. The maximum atomic E-state index is 12.5. The van der Waals surface area contributed by atoms with Crippen LogP contribution in [0, 0.1) is 0 Å². The van der Waals surface area contributed by atoms with E-state index in [4.69, 9.17) is 23.3 Å². The Hall–Kier alpha value is -2.74. The molecule has 2 fully saturated rings. The van der Waals surface area contributed by atoms with Crippen LogP contribution in [0.1, 0.15) is 17.4 Å². The van der Waals surface area contributed by atoms with Crippen LogP contribution in [0.2, 0.25) is 0 Å². The summed E-state index contributed by atoms with van der Waals surface area (Å²) >= 11 is 0. The van der Waals surface area contributed by atoms with Crippen molar-refractivity contribution in [2.45, 2.75) is 43.9 Å². The van der Waals surface area contributed by atoms with E-state index in [1.165, 1.54) is 6.20 Å². The van der Waals surface area contributed by atoms with Gasteiger partial charge in [-0.25, -0.2) is 13.9 Å². The number of nitrogens with zero attached hydrogens (tertiary/aromatic N) is 1. The molecule has 0 saturated carbocycles. The number of aromatic amines is 1. The fourth-order valence-corrected chi connectivity index (χ4v) is 6.43. The Morgan fingerprint density at radius 1 is 0.825 bits per heavy atom. The van der Waals surface area contributed by atoms with Crippen molar-refractivity contribution in [1.82, 2.24) is 9.55 Å². The van der Waals surface area contributed by atoms with Gasteiger partial charge in [-0.2, -0.15) is 4.31 Å². The first-order valence-corrected chi connectivity index (χ1v) is 15.1. The fourth-order valence-electron chi connectivity index (χ4n) is 4.36. The Morgan fingerprint density at radius 3 is 2.12 bits per heavy atom. The molecular weight excluding hydrogens is 570 g/mol. The Morgan fingerprint density at radius 2 is 1.45 bits per heavy atom. The van der Waals surface area contributed by atoms with Gasteiger partial charge in [-0.3, -0.25) is 23.4 Å². The maximum Gasteiger partial charge on any atom is 0.481 e. The molecule has 16 heteroatoms. The SMILES string of the molecule is O=c1ccn([C@@H]2O[C@H](COP(=O)(O)OP(=O)(O)OCc3ccccc3)[C@@H]3OC(Cc4ccccc4)OC32)c(=O)[nH]1. The van der Waals surface area contributed by atoms with Crippen molar-refractivity contribution in [2.24, 2.45) is 0 Å². The van der Waals surface area contributed by atoms with E-state index in [2.05, 4.69) is 9.29 Å². The molecule has 3 N–H and O–H groups in total. The fraction of sp³-hybridized carbons (Fsp3) is 0.333. The smallest absolute Gasteiger partial charge is 0.346 e. The summed E-state index contributed by atoms with van der Waals surface area (Å²) in [5.41, 5.74) is 0.0798. The van der Waals surface area contributed by atoms with Crippen molar-refractivity contribution in [3.05, 3.63) is 105 Å². The highest BCUT2D eigenvalue weighted by Crippen LogP contribution is 2.61. The number of benzene rings is 2. The lowest BCUT2D eigenvalue weighted by atomic mass is 10.1. The van der Waals surface area contributed by atoms with E-state index in [-0.39, 0.29) is 6.61 Å². The Bertz CT molecular complexity index is 1520. The summed E-state index contributed by atoms with van der Waals surface area (Å²) in [5, 5.41) is 0. The lowest BCUT2D eigenvalue weighted by molar-refractivity contribution is -0.150. The van der Waals surface area contributed by atoms with Gasteiger partial charge in [0.25, 0.3) is 5.56 Å². The van der Waals surface area contributed by atoms with Gasteiger partial charge in [0.1, 0.15) is 18.3 Å². The second-order valence-electron chi connectivity index (χ2n) is 8.98. The van der Waals surface area contributed by atoms with Crippen LogP contribution < -0.4 is 11.2 Å². The van der Waals surface area contributed by atoms with Gasteiger partial charge in [0.2, 0.25) is 0 Å². The van der Waals surface area contributed by atoms with Crippen LogP contribution in [0.3, 0.4) is 0 Å². The monoisotopic (exact) mass is 596 g/mol. The average molecular weight is 596 g/mol. The van der Waals surface area contributed by atoms with Crippen molar-refractivity contribution in [2.75, 3.05) is 6.61 Å². The maximum absolute atomic E-state index is 12.5. The minimum Gasteiger partial charge on any atom is -0.346 e. The second kappa shape index (κ2) is 12.0. The largest absolute Gasteiger partial charge is 0.481 e. The minimum atomic E-state index is -5.13. The standard InChI is InChI=1S/C24H26N2O12P2/c27-19-11-12-26(24(28)25-19)23-22-21(36-20(37-22)13-16-7-3-1-4-8-16)18(35-23)15-34-40(31,32)38-39(29,30)33-14-17-9-5-2-6-10-17/h1-12,18,20-23H,13-15H2,(H,29,30)(H,31,32)(H,25,27,28)/t18-,20?,21+,22?,23-/m1/s1. The van der Waals surface area contributed by atoms with Gasteiger partial charge in [0, 0.05) is 18.7 Å². The number of hydrogen-bond acceptors (Lipinski definition) is 10. The van der Waals surface area contributed by atoms with Crippen molar-refractivity contribution >= 4 is 15.6 Å². The van der Waals surface area contributed by atoms with Crippen LogP contribution in [-0.2, 0) is 49.7 Å². The molecule has 4 unspecified atom stereocenters. The minimum absolute atomic E-state index is 0.353. The molecule has 5 rings (SSSR count). The average Bonchev–Trinajstić information content (AvgIpc) is 3.46. The molecule has 2 aliphatic rings. The van der Waals surface area contributed by atoms with E-state index in [9.17, 15) is 28.5 Å². The van der Waals surface area contributed by atoms with Crippen molar-refractivity contribution in [3.8, 4) is 0 Å². The molecule has 3 aromatic rings. The van der Waals surface area contributed by atoms with Crippen molar-refractivity contribution < 1.29 is 46.5 Å². The highest BCUT2D eigenvalue weighted by atomic mass is 31.3. The van der Waals surface area contributed by atoms with Gasteiger partial charge >= 0.3 is 21.3 Å². The zero-order valence-corrected chi connectivity index (χ0v) is 22.5. The van der Waals surface area contributed by atoms with E-state index >= 15 is 0 Å². The highest BCUT2D eigenvalue weighted by molar-refractivity contribution is 7.61. The number of aromatic nitrogens is 2. The number of rotatable bonds is 11. The third-order valence-electron chi connectivity index (χ3n) is 6.12. The Balaban J connectivity index is 1.27. The van der Waals surface area contributed by atoms with Crippen LogP contribution in [0.4, 0.5) is 0 Å². The second-order valence-corrected chi connectivity index (χ2v) is 12.0. The molecule has 214 valence electrons. The lowest BCUT2D eigenvalue weighted by Crippen LogP contribution is -2.36. The predicted molar refractivity (Wildman–Crippen MR) is 137 cm³/mol. The number of H-pyrrole nitrogens is 1. The van der Waals surface area contributed by atoms with E-state index in [0.717, 1.165) is 16.2 Å². The summed E-state index contributed by atoms with van der Waals surface area (Å²) in [7, 11) is -10.1. The van der Waals surface area contributed by atoms with Gasteiger partial charge in [0.15, 0.2) is 12.5 Å². The van der Waals surface area contributed by atoms with E-state index in [1.54, 1.807) is 30.3 Å². The molecular formula is C24H26N2O12P2.